The molecule has 33 heavy (non-hydrogen) atoms. The van der Waals surface area contributed by atoms with Gasteiger partial charge in [0.15, 0.2) is 0 Å². The average Bonchev–Trinajstić information content (AvgIpc) is 2.88. The molecule has 177 valence electrons. The van der Waals surface area contributed by atoms with E-state index in [4.69, 9.17) is 0 Å². The number of allylic oxidation sites excluding steroid dienone is 4. The standard InChI is InChI=1S/C28H39Si2.2CH3.Ti/c1-17-11-12-19(3)26(15-17)28(27-22(6)20(4)21(5)23(27)7)29-24-13-18(2)14-25(16-24)30(8,9)10;;;/h11-16,28H,29H2,1-10H3;2*1H3;. The molecule has 1 atom stereocenters. The van der Waals surface area contributed by atoms with Gasteiger partial charge in [0.25, 0.3) is 0 Å². The van der Waals surface area contributed by atoms with Gasteiger partial charge in [-0.25, -0.2) is 0 Å². The summed E-state index contributed by atoms with van der Waals surface area (Å²) in [4.78, 5) is 0. The van der Waals surface area contributed by atoms with Gasteiger partial charge in [-0.15, -0.1) is 0 Å². The predicted molar refractivity (Wildman–Crippen MR) is 152 cm³/mol. The fourth-order valence-corrected chi connectivity index (χ4v) is 17.1. The van der Waals surface area contributed by atoms with Crippen molar-refractivity contribution >= 4 is 28.0 Å². The van der Waals surface area contributed by atoms with Crippen LogP contribution in [0.4, 0.5) is 0 Å². The van der Waals surface area contributed by atoms with Crippen LogP contribution in [0.5, 0.6) is 0 Å². The van der Waals surface area contributed by atoms with Gasteiger partial charge in [0, 0.05) is 0 Å². The Morgan fingerprint density at radius 3 is 1.85 bits per heavy atom. The van der Waals surface area contributed by atoms with Gasteiger partial charge in [0.1, 0.15) is 0 Å². The first kappa shape index (κ1) is 26.7. The molecule has 1 unspecified atom stereocenters. The topological polar surface area (TPSA) is 0 Å². The predicted octanol–water partition coefficient (Wildman–Crippen LogP) is 7.25. The molecule has 0 aromatic heterocycles. The van der Waals surface area contributed by atoms with Crippen molar-refractivity contribution in [2.45, 2.75) is 87.8 Å². The summed E-state index contributed by atoms with van der Waals surface area (Å²) in [7, 11) is -1.93. The van der Waals surface area contributed by atoms with Gasteiger partial charge in [-0.05, 0) is 0 Å². The number of rotatable bonds is 6. The number of hydrogen-bond donors (Lipinski definition) is 0. The van der Waals surface area contributed by atoms with Gasteiger partial charge in [-0.1, -0.05) is 0 Å². The molecule has 0 bridgehead atoms. The van der Waals surface area contributed by atoms with Crippen molar-refractivity contribution in [2.75, 3.05) is 0 Å². The molecule has 3 rings (SSSR count). The summed E-state index contributed by atoms with van der Waals surface area (Å²) < 4.78 is 0.280. The summed E-state index contributed by atoms with van der Waals surface area (Å²) in [6.45, 7) is 24.1. The van der Waals surface area contributed by atoms with Crippen molar-refractivity contribution < 1.29 is 17.9 Å². The SMILES string of the molecule is CC1=C(C)[C](C([SiH2]c2cc(C)cc([Si](C)(C)C)c2)c2cc(C)ccc2C)([Ti]([CH3])[CH3])C(C)=C1C. The summed E-state index contributed by atoms with van der Waals surface area (Å²) in [5, 5.41) is 8.56. The summed E-state index contributed by atoms with van der Waals surface area (Å²) in [5.41, 5.74) is 13.1. The van der Waals surface area contributed by atoms with E-state index in [2.05, 4.69) is 115 Å². The maximum absolute atomic E-state index is 2.63. The van der Waals surface area contributed by atoms with Crippen LogP contribution < -0.4 is 10.4 Å². The van der Waals surface area contributed by atoms with Crippen molar-refractivity contribution in [1.29, 1.82) is 0 Å². The van der Waals surface area contributed by atoms with E-state index in [9.17, 15) is 0 Å². The van der Waals surface area contributed by atoms with E-state index in [1.807, 2.05) is 0 Å². The van der Waals surface area contributed by atoms with E-state index >= 15 is 0 Å². The Hall–Kier alpha value is -0.932. The minimum atomic E-state index is -1.42. The van der Waals surface area contributed by atoms with Crippen LogP contribution in [-0.2, 0) is 17.9 Å². The number of aryl methyl sites for hydroxylation is 3. The molecule has 0 fully saturated rings. The van der Waals surface area contributed by atoms with Gasteiger partial charge in [-0.3, -0.25) is 0 Å². The zero-order valence-electron chi connectivity index (χ0n) is 23.2. The third-order valence-corrected chi connectivity index (χ3v) is 17.6. The molecule has 3 heteroatoms. The fourth-order valence-electron chi connectivity index (χ4n) is 6.34. The molecule has 0 aliphatic heterocycles. The summed E-state index contributed by atoms with van der Waals surface area (Å²) in [6, 6.07) is 14.8. The van der Waals surface area contributed by atoms with Crippen LogP contribution in [0, 0.1) is 20.8 Å². The monoisotopic (exact) mass is 509 g/mol. The Kier molecular flexibility index (Phi) is 7.76. The van der Waals surface area contributed by atoms with E-state index in [0.717, 1.165) is 0 Å². The van der Waals surface area contributed by atoms with Crippen molar-refractivity contribution in [2.24, 2.45) is 0 Å². The first-order valence-corrected chi connectivity index (χ1v) is 21.5. The van der Waals surface area contributed by atoms with Gasteiger partial charge in [-0.2, -0.15) is 0 Å². The van der Waals surface area contributed by atoms with Gasteiger partial charge >= 0.3 is 215 Å². The molecular weight excluding hydrogens is 464 g/mol. The molecule has 0 heterocycles. The van der Waals surface area contributed by atoms with Gasteiger partial charge < -0.3 is 0 Å². The summed E-state index contributed by atoms with van der Waals surface area (Å²) in [6.07, 6.45) is 0. The molecule has 0 N–H and O–H groups in total. The molecular formula is C30H45Si2Ti. The molecule has 0 amide bonds. The van der Waals surface area contributed by atoms with Crippen molar-refractivity contribution in [3.8, 4) is 0 Å². The molecule has 2 aromatic carbocycles. The Morgan fingerprint density at radius 2 is 1.33 bits per heavy atom. The molecule has 1 aliphatic carbocycles. The third kappa shape index (κ3) is 4.79. The van der Waals surface area contributed by atoms with Crippen LogP contribution in [-0.4, -0.2) is 17.6 Å². The van der Waals surface area contributed by atoms with E-state index in [0.29, 0.717) is 5.54 Å². The Balaban J connectivity index is 2.32. The molecule has 0 radical (unpaired) electrons. The van der Waals surface area contributed by atoms with Crippen LogP contribution in [0.15, 0.2) is 58.7 Å². The second-order valence-corrected chi connectivity index (χ2v) is 23.4. The first-order chi connectivity index (χ1) is 15.2. The van der Waals surface area contributed by atoms with Crippen LogP contribution >= 0.6 is 0 Å². The van der Waals surface area contributed by atoms with Crippen LogP contribution in [0.1, 0.15) is 55.5 Å². The quantitative estimate of drug-likeness (QED) is 0.360. The molecule has 0 saturated carbocycles. The third-order valence-electron chi connectivity index (χ3n) is 8.44. The van der Waals surface area contributed by atoms with Crippen LogP contribution in [0.25, 0.3) is 0 Å². The molecule has 2 aromatic rings. The first-order valence-electron chi connectivity index (χ1n) is 12.6. The second-order valence-electron chi connectivity index (χ2n) is 11.9. The summed E-state index contributed by atoms with van der Waals surface area (Å²) in [5.74, 6) is 0. The Bertz CT molecular complexity index is 1100. The average molecular weight is 510 g/mol. The Morgan fingerprint density at radius 1 is 0.758 bits per heavy atom. The zero-order chi connectivity index (χ0) is 24.9. The minimum absolute atomic E-state index is 0.280. The van der Waals surface area contributed by atoms with Crippen molar-refractivity contribution in [3.63, 3.8) is 0 Å². The maximum atomic E-state index is 2.63. The van der Waals surface area contributed by atoms with E-state index in [1.54, 1.807) is 38.2 Å². The normalized spacial score (nSPS) is 17.5. The van der Waals surface area contributed by atoms with Gasteiger partial charge in [0.2, 0.25) is 0 Å². The van der Waals surface area contributed by atoms with Crippen LogP contribution in [0.2, 0.25) is 33.8 Å². The summed E-state index contributed by atoms with van der Waals surface area (Å²) >= 11 is -1.42. The fraction of sp³-hybridized carbons (Fsp3) is 0.467. The zero-order valence-corrected chi connectivity index (χ0v) is 27.2. The number of benzene rings is 2. The second kappa shape index (κ2) is 9.61. The van der Waals surface area contributed by atoms with Gasteiger partial charge in [0.05, 0.1) is 0 Å². The van der Waals surface area contributed by atoms with E-state index in [1.165, 1.54) is 16.7 Å². The molecule has 0 spiro atoms. The molecule has 0 nitrogen and oxygen atoms in total. The van der Waals surface area contributed by atoms with Crippen molar-refractivity contribution in [1.82, 2.24) is 0 Å². The van der Waals surface area contributed by atoms with E-state index < -0.39 is 35.5 Å². The van der Waals surface area contributed by atoms with Crippen molar-refractivity contribution in [3.05, 3.63) is 80.9 Å². The number of hydrogen-bond acceptors (Lipinski definition) is 0. The Labute approximate surface area is 213 Å². The van der Waals surface area contributed by atoms with Crippen LogP contribution in [0.3, 0.4) is 0 Å². The van der Waals surface area contributed by atoms with E-state index in [-0.39, 0.29) is 3.72 Å². The molecule has 1 aliphatic rings. The molecule has 0 saturated heterocycles.